The predicted molar refractivity (Wildman–Crippen MR) is 97.3 cm³/mol. The Hall–Kier alpha value is -0.570. The first-order valence-corrected chi connectivity index (χ1v) is 8.98. The second-order valence-electron chi connectivity index (χ2n) is 6.37. The second kappa shape index (κ2) is 16.8. The maximum absolute atomic E-state index is 11.7. The van der Waals surface area contributed by atoms with Gasteiger partial charge in [0, 0.05) is 19.8 Å². The van der Waals surface area contributed by atoms with Crippen LogP contribution in [-0.4, -0.2) is 38.0 Å². The van der Waals surface area contributed by atoms with Crippen molar-refractivity contribution in [2.24, 2.45) is 0 Å². The molecule has 0 fully saturated rings. The Balaban J connectivity index is 3.37. The third-order valence-electron chi connectivity index (χ3n) is 3.81. The summed E-state index contributed by atoms with van der Waals surface area (Å²) in [5, 5.41) is 2.96. The molecule has 0 atom stereocenters. The Labute approximate surface area is 146 Å². The molecular weight excluding hydrogens is 272 g/mol. The Bertz CT molecular complexity index is 387. The lowest BCUT2D eigenvalue weighted by atomic mass is 10.1. The van der Waals surface area contributed by atoms with E-state index in [0.29, 0.717) is 12.8 Å². The quantitative estimate of drug-likeness (QED) is 0.416. The number of amides is 1. The number of nitrogens with one attached hydrogen (secondary N) is 1. The van der Waals surface area contributed by atoms with Crippen LogP contribution in [0.3, 0.4) is 0 Å². The summed E-state index contributed by atoms with van der Waals surface area (Å²) in [6.07, 6.45) is 8.83. The average molecular weight is 318 g/mol. The minimum absolute atomic E-state index is 0.112. The number of rotatable bonds is 16. The van der Waals surface area contributed by atoms with Gasteiger partial charge >= 0.3 is 0 Å². The largest absolute Gasteiger partial charge is 0.356 e. The van der Waals surface area contributed by atoms with E-state index in [9.17, 15) is 4.79 Å². The van der Waals surface area contributed by atoms with Gasteiger partial charge < -0.3 is 10.2 Å². The topological polar surface area (TPSA) is 32.3 Å². The highest BCUT2D eigenvalue weighted by molar-refractivity contribution is 5.75. The molecule has 3 nitrogen and oxygen atoms in total. The van der Waals surface area contributed by atoms with Gasteiger partial charge in [0.15, 0.2) is 0 Å². The molecule has 0 aliphatic heterocycles. The van der Waals surface area contributed by atoms with Crippen molar-refractivity contribution in [2.45, 2.75) is 90.3 Å². The monoisotopic (exact) mass is 317 g/mol. The fraction of sp³-hybridized carbons (Fsp3) is 0.947. The van der Waals surface area contributed by atoms with Crippen molar-refractivity contribution in [3.8, 4) is 0 Å². The van der Waals surface area contributed by atoms with Crippen molar-refractivity contribution in [1.82, 2.24) is 10.2 Å². The van der Waals surface area contributed by atoms with E-state index in [1.54, 1.807) is 0 Å². The highest BCUT2D eigenvalue weighted by atomic mass is 16.1. The molecule has 0 saturated carbocycles. The van der Waals surface area contributed by atoms with Gasteiger partial charge in [-0.25, -0.2) is 0 Å². The molecule has 0 aromatic heterocycles. The number of nitrogens with zero attached hydrogens (tertiary/aromatic N) is 1. The summed E-state index contributed by atoms with van der Waals surface area (Å²) in [5.41, 5.74) is 0. The van der Waals surface area contributed by atoms with Gasteiger partial charge in [0.05, 0.1) is 0 Å². The standard InChI is InChI=1S/C19H40N2O/c1-4-5-6-7-8-9-10-11-12-13-14-16-19(22)20-17-15-18-21(2)3/h4-18H2,1-3H3,(H,20,22)/i1D3,4D2. The number of carbonyl (C=O) groups excluding carboxylic acids is 1. The van der Waals surface area contributed by atoms with E-state index in [0.717, 1.165) is 64.5 Å². The fourth-order valence-corrected chi connectivity index (χ4v) is 2.45. The van der Waals surface area contributed by atoms with Crippen LogP contribution in [0.25, 0.3) is 0 Å². The normalized spacial score (nSPS) is 15.7. The van der Waals surface area contributed by atoms with Gasteiger partial charge in [-0.1, -0.05) is 71.0 Å². The van der Waals surface area contributed by atoms with Crippen molar-refractivity contribution in [3.05, 3.63) is 0 Å². The van der Waals surface area contributed by atoms with Gasteiger partial charge in [-0.2, -0.15) is 0 Å². The van der Waals surface area contributed by atoms with Crippen molar-refractivity contribution < 1.29 is 11.6 Å². The van der Waals surface area contributed by atoms with E-state index in [2.05, 4.69) is 10.2 Å². The van der Waals surface area contributed by atoms with E-state index in [-0.39, 0.29) is 12.3 Å². The molecule has 0 aromatic rings. The van der Waals surface area contributed by atoms with Crippen molar-refractivity contribution in [1.29, 1.82) is 0 Å². The van der Waals surface area contributed by atoms with Gasteiger partial charge in [-0.05, 0) is 33.5 Å². The summed E-state index contributed by atoms with van der Waals surface area (Å²) in [6.45, 7) is -0.770. The lowest BCUT2D eigenvalue weighted by Gasteiger charge is -2.09. The Morgan fingerprint density at radius 3 is 2.00 bits per heavy atom. The average Bonchev–Trinajstić information content (AvgIpc) is 2.55. The molecule has 0 radical (unpaired) electrons. The van der Waals surface area contributed by atoms with Gasteiger partial charge in [0.2, 0.25) is 5.91 Å². The molecule has 3 heteroatoms. The second-order valence-corrected chi connectivity index (χ2v) is 6.37. The summed E-state index contributed by atoms with van der Waals surface area (Å²) in [4.78, 5) is 13.8. The predicted octanol–water partition coefficient (Wildman–Crippen LogP) is 4.76. The maximum atomic E-state index is 11.7. The van der Waals surface area contributed by atoms with Crippen LogP contribution in [-0.2, 0) is 4.79 Å². The van der Waals surface area contributed by atoms with E-state index in [1.807, 2.05) is 14.1 Å². The van der Waals surface area contributed by atoms with E-state index < -0.39 is 13.2 Å². The molecule has 0 rings (SSSR count). The molecule has 0 bridgehead atoms. The molecule has 22 heavy (non-hydrogen) atoms. The highest BCUT2D eigenvalue weighted by Gasteiger charge is 2.00. The van der Waals surface area contributed by atoms with Gasteiger partial charge in [0.25, 0.3) is 0 Å². The minimum atomic E-state index is -2.52. The summed E-state index contributed by atoms with van der Waals surface area (Å²) in [7, 11) is 4.06. The minimum Gasteiger partial charge on any atom is -0.356 e. The molecule has 0 unspecified atom stereocenters. The Morgan fingerprint density at radius 2 is 1.45 bits per heavy atom. The van der Waals surface area contributed by atoms with Crippen molar-refractivity contribution >= 4 is 5.91 Å². The van der Waals surface area contributed by atoms with Crippen LogP contribution < -0.4 is 5.32 Å². The molecule has 0 aliphatic rings. The SMILES string of the molecule is [2H]C([2H])([2H])C([2H])([2H])CCCCCCCCCCCC(=O)NCCCN(C)C. The van der Waals surface area contributed by atoms with Crippen molar-refractivity contribution in [2.75, 3.05) is 27.2 Å². The number of hydrogen-bond donors (Lipinski definition) is 1. The molecule has 0 spiro atoms. The third kappa shape index (κ3) is 17.5. The molecule has 1 amide bonds. The summed E-state index contributed by atoms with van der Waals surface area (Å²) in [5.74, 6) is 0.158. The molecular formula is C19H40N2O. The molecule has 132 valence electrons. The smallest absolute Gasteiger partial charge is 0.219 e. The zero-order valence-corrected chi connectivity index (χ0v) is 14.8. The van der Waals surface area contributed by atoms with E-state index >= 15 is 0 Å². The lowest BCUT2D eigenvalue weighted by molar-refractivity contribution is -0.121. The number of carbonyl (C=O) groups is 1. The Morgan fingerprint density at radius 1 is 0.909 bits per heavy atom. The van der Waals surface area contributed by atoms with Crippen LogP contribution >= 0.6 is 0 Å². The van der Waals surface area contributed by atoms with Crippen LogP contribution in [0.1, 0.15) is 97.1 Å². The van der Waals surface area contributed by atoms with Gasteiger partial charge in [0.1, 0.15) is 0 Å². The van der Waals surface area contributed by atoms with Gasteiger partial charge in [-0.3, -0.25) is 4.79 Å². The van der Waals surface area contributed by atoms with Crippen LogP contribution in [0.4, 0.5) is 0 Å². The highest BCUT2D eigenvalue weighted by Crippen LogP contribution is 2.11. The van der Waals surface area contributed by atoms with Crippen LogP contribution in [0, 0.1) is 0 Å². The first-order valence-electron chi connectivity index (χ1n) is 11.5. The maximum Gasteiger partial charge on any atom is 0.219 e. The molecule has 0 aromatic carbocycles. The van der Waals surface area contributed by atoms with Crippen LogP contribution in [0.15, 0.2) is 0 Å². The zero-order valence-electron chi connectivity index (χ0n) is 19.8. The third-order valence-corrected chi connectivity index (χ3v) is 3.81. The summed E-state index contributed by atoms with van der Waals surface area (Å²) < 4.78 is 36.6. The molecule has 0 saturated heterocycles. The lowest BCUT2D eigenvalue weighted by Crippen LogP contribution is -2.26. The molecule has 1 N–H and O–H groups in total. The number of hydrogen-bond acceptors (Lipinski definition) is 2. The number of unbranched alkanes of at least 4 members (excludes halogenated alkanes) is 8. The summed E-state index contributed by atoms with van der Waals surface area (Å²) >= 11 is 0. The summed E-state index contributed by atoms with van der Waals surface area (Å²) in [6, 6.07) is 0. The van der Waals surface area contributed by atoms with E-state index in [1.165, 1.54) is 6.42 Å². The first-order chi connectivity index (χ1) is 12.6. The molecule has 0 aliphatic carbocycles. The van der Waals surface area contributed by atoms with Crippen LogP contribution in [0.5, 0.6) is 0 Å². The first kappa shape index (κ1) is 13.8. The van der Waals surface area contributed by atoms with Crippen molar-refractivity contribution in [3.63, 3.8) is 0 Å². The Kier molecular flexibility index (Phi) is 10.6. The van der Waals surface area contributed by atoms with E-state index in [4.69, 9.17) is 6.85 Å². The van der Waals surface area contributed by atoms with Gasteiger partial charge in [-0.15, -0.1) is 0 Å². The van der Waals surface area contributed by atoms with Crippen LogP contribution in [0.2, 0.25) is 0 Å². The fourth-order valence-electron chi connectivity index (χ4n) is 2.45. The zero-order chi connectivity index (χ0) is 20.8. The molecule has 0 heterocycles.